The fraction of sp³-hybridized carbons (Fsp3) is 0.278. The lowest BCUT2D eigenvalue weighted by Gasteiger charge is -2.21. The molecule has 1 heterocycles. The Kier molecular flexibility index (Phi) is 5.21. The third-order valence-electron chi connectivity index (χ3n) is 3.95. The molecular formula is C18H19N3O5. The summed E-state index contributed by atoms with van der Waals surface area (Å²) < 4.78 is 11.0. The minimum Gasteiger partial charge on any atom is -0.486 e. The Balaban J connectivity index is 1.56. The molecule has 0 aliphatic carbocycles. The Morgan fingerprint density at radius 3 is 2.73 bits per heavy atom. The van der Waals surface area contributed by atoms with Crippen molar-refractivity contribution in [2.45, 2.75) is 13.0 Å². The molecule has 8 nitrogen and oxygen atoms in total. The van der Waals surface area contributed by atoms with Crippen LogP contribution in [0, 0.1) is 10.1 Å². The number of carbonyl (C=O) groups excluding carboxylic acids is 1. The molecule has 136 valence electrons. The molecule has 0 saturated heterocycles. The van der Waals surface area contributed by atoms with Crippen molar-refractivity contribution in [3.8, 4) is 11.5 Å². The summed E-state index contributed by atoms with van der Waals surface area (Å²) in [7, 11) is 0. The van der Waals surface area contributed by atoms with Gasteiger partial charge in [-0.1, -0.05) is 12.1 Å². The van der Waals surface area contributed by atoms with Crippen molar-refractivity contribution in [1.29, 1.82) is 0 Å². The van der Waals surface area contributed by atoms with Crippen LogP contribution in [0.25, 0.3) is 0 Å². The van der Waals surface area contributed by atoms with Crippen molar-refractivity contribution >= 4 is 17.3 Å². The Labute approximate surface area is 150 Å². The number of nitrogens with one attached hydrogen (secondary N) is 2. The fourth-order valence-corrected chi connectivity index (χ4v) is 2.62. The van der Waals surface area contributed by atoms with Gasteiger partial charge in [0.1, 0.15) is 13.2 Å². The number of nitrogens with zero attached hydrogens (tertiary/aromatic N) is 1. The van der Waals surface area contributed by atoms with Gasteiger partial charge >= 0.3 is 0 Å². The third-order valence-corrected chi connectivity index (χ3v) is 3.95. The summed E-state index contributed by atoms with van der Waals surface area (Å²) in [5, 5.41) is 16.5. The van der Waals surface area contributed by atoms with Crippen molar-refractivity contribution in [3.63, 3.8) is 0 Å². The van der Waals surface area contributed by atoms with Gasteiger partial charge in [-0.2, -0.15) is 0 Å². The number of nitro benzene ring substituents is 1. The highest BCUT2D eigenvalue weighted by Crippen LogP contribution is 2.32. The van der Waals surface area contributed by atoms with E-state index < -0.39 is 4.92 Å². The molecule has 1 aliphatic heterocycles. The summed E-state index contributed by atoms with van der Waals surface area (Å²) in [4.78, 5) is 22.4. The van der Waals surface area contributed by atoms with Gasteiger partial charge in [0.05, 0.1) is 17.5 Å². The number of anilines is 1. The van der Waals surface area contributed by atoms with Crippen LogP contribution in [-0.4, -0.2) is 30.6 Å². The van der Waals surface area contributed by atoms with Crippen molar-refractivity contribution in [2.75, 3.05) is 25.1 Å². The first-order chi connectivity index (χ1) is 12.5. The van der Waals surface area contributed by atoms with Crippen LogP contribution in [0.3, 0.4) is 0 Å². The van der Waals surface area contributed by atoms with E-state index in [9.17, 15) is 14.9 Å². The molecule has 1 amide bonds. The number of carbonyl (C=O) groups is 1. The maximum absolute atomic E-state index is 12.1. The highest BCUT2D eigenvalue weighted by molar-refractivity contribution is 5.81. The Morgan fingerprint density at radius 2 is 1.96 bits per heavy atom. The quantitative estimate of drug-likeness (QED) is 0.609. The maximum atomic E-state index is 12.1. The Bertz CT molecular complexity index is 824. The molecule has 0 unspecified atom stereocenters. The number of nitro groups is 1. The molecule has 2 aromatic rings. The van der Waals surface area contributed by atoms with Crippen LogP contribution >= 0.6 is 0 Å². The number of rotatable bonds is 6. The number of ether oxygens (including phenoxy) is 2. The van der Waals surface area contributed by atoms with Gasteiger partial charge in [0.2, 0.25) is 5.91 Å². The number of non-ortho nitro benzene ring substituents is 1. The molecule has 3 rings (SSSR count). The maximum Gasteiger partial charge on any atom is 0.271 e. The van der Waals surface area contributed by atoms with E-state index in [0.29, 0.717) is 30.4 Å². The number of hydrogen-bond acceptors (Lipinski definition) is 6. The molecule has 0 radical (unpaired) electrons. The van der Waals surface area contributed by atoms with E-state index in [2.05, 4.69) is 10.6 Å². The molecule has 0 aromatic heterocycles. The molecule has 8 heteroatoms. The summed E-state index contributed by atoms with van der Waals surface area (Å²) in [6, 6.07) is 11.4. The lowest BCUT2D eigenvalue weighted by Crippen LogP contribution is -2.32. The predicted molar refractivity (Wildman–Crippen MR) is 95.6 cm³/mol. The zero-order valence-corrected chi connectivity index (χ0v) is 14.2. The van der Waals surface area contributed by atoms with Gasteiger partial charge in [0.25, 0.3) is 5.69 Å². The van der Waals surface area contributed by atoms with E-state index >= 15 is 0 Å². The molecule has 0 saturated carbocycles. The highest BCUT2D eigenvalue weighted by atomic mass is 16.6. The highest BCUT2D eigenvalue weighted by Gasteiger charge is 2.16. The first-order valence-corrected chi connectivity index (χ1v) is 8.20. The van der Waals surface area contributed by atoms with Crippen molar-refractivity contribution in [1.82, 2.24) is 5.32 Å². The van der Waals surface area contributed by atoms with Gasteiger partial charge in [0, 0.05) is 17.8 Å². The number of amides is 1. The van der Waals surface area contributed by atoms with Gasteiger partial charge in [-0.05, 0) is 30.7 Å². The summed E-state index contributed by atoms with van der Waals surface area (Å²) in [6.07, 6.45) is 0. The molecule has 2 N–H and O–H groups in total. The van der Waals surface area contributed by atoms with Crippen LogP contribution in [0.4, 0.5) is 11.4 Å². The van der Waals surface area contributed by atoms with Gasteiger partial charge in [-0.3, -0.25) is 14.9 Å². The van der Waals surface area contributed by atoms with Gasteiger partial charge in [-0.25, -0.2) is 0 Å². The molecule has 26 heavy (non-hydrogen) atoms. The van der Waals surface area contributed by atoms with E-state index in [1.54, 1.807) is 12.1 Å². The fourth-order valence-electron chi connectivity index (χ4n) is 2.62. The Morgan fingerprint density at radius 1 is 1.19 bits per heavy atom. The second kappa shape index (κ2) is 7.73. The number of hydrogen-bond donors (Lipinski definition) is 2. The minimum absolute atomic E-state index is 0.00998. The number of benzene rings is 2. The third kappa shape index (κ3) is 4.21. The van der Waals surface area contributed by atoms with Gasteiger partial charge in [-0.15, -0.1) is 0 Å². The summed E-state index contributed by atoms with van der Waals surface area (Å²) >= 11 is 0. The molecule has 0 fully saturated rings. The molecule has 0 spiro atoms. The normalized spacial score (nSPS) is 13.6. The van der Waals surface area contributed by atoms with E-state index in [1.165, 1.54) is 12.1 Å². The standard InChI is InChI=1S/C18H19N3O5/c1-12(13-5-6-16-17(9-13)26-8-7-25-16)20-18(22)11-19-14-3-2-4-15(10-14)21(23)24/h2-6,9-10,12,19H,7-8,11H2,1H3,(H,20,22)/t12-/m0/s1. The Hall–Kier alpha value is -3.29. The minimum atomic E-state index is -0.477. The zero-order chi connectivity index (χ0) is 18.5. The zero-order valence-electron chi connectivity index (χ0n) is 14.2. The lowest BCUT2D eigenvalue weighted by atomic mass is 10.1. The van der Waals surface area contributed by atoms with Gasteiger partial charge in [0.15, 0.2) is 11.5 Å². The van der Waals surface area contributed by atoms with E-state index in [-0.39, 0.29) is 24.2 Å². The summed E-state index contributed by atoms with van der Waals surface area (Å²) in [5.74, 6) is 1.15. The van der Waals surface area contributed by atoms with Crippen LogP contribution in [0.1, 0.15) is 18.5 Å². The van der Waals surface area contributed by atoms with Crippen LogP contribution in [-0.2, 0) is 4.79 Å². The van der Waals surface area contributed by atoms with E-state index in [1.807, 2.05) is 25.1 Å². The van der Waals surface area contributed by atoms with Crippen LogP contribution < -0.4 is 20.1 Å². The first kappa shape index (κ1) is 17.5. The molecular weight excluding hydrogens is 338 g/mol. The van der Waals surface area contributed by atoms with Crippen molar-refractivity contribution < 1.29 is 19.2 Å². The van der Waals surface area contributed by atoms with Crippen molar-refractivity contribution in [3.05, 3.63) is 58.1 Å². The smallest absolute Gasteiger partial charge is 0.271 e. The predicted octanol–water partition coefficient (Wildman–Crippen LogP) is 2.66. The second-order valence-corrected chi connectivity index (χ2v) is 5.85. The SMILES string of the molecule is C[C@H](NC(=O)CNc1cccc([N+](=O)[O-])c1)c1ccc2c(c1)OCCO2. The molecule has 1 atom stereocenters. The molecule has 2 aromatic carbocycles. The largest absolute Gasteiger partial charge is 0.486 e. The van der Waals surface area contributed by atoms with Crippen LogP contribution in [0.15, 0.2) is 42.5 Å². The number of fused-ring (bicyclic) bond motifs is 1. The van der Waals surface area contributed by atoms with Gasteiger partial charge < -0.3 is 20.1 Å². The summed E-state index contributed by atoms with van der Waals surface area (Å²) in [6.45, 7) is 2.92. The molecule has 0 bridgehead atoms. The summed E-state index contributed by atoms with van der Waals surface area (Å²) in [5.41, 5.74) is 1.39. The van der Waals surface area contributed by atoms with Crippen LogP contribution in [0.2, 0.25) is 0 Å². The first-order valence-electron chi connectivity index (χ1n) is 8.20. The lowest BCUT2D eigenvalue weighted by molar-refractivity contribution is -0.384. The second-order valence-electron chi connectivity index (χ2n) is 5.85. The monoisotopic (exact) mass is 357 g/mol. The molecule has 1 aliphatic rings. The average Bonchev–Trinajstić information content (AvgIpc) is 2.66. The van der Waals surface area contributed by atoms with Crippen molar-refractivity contribution in [2.24, 2.45) is 0 Å². The van der Waals surface area contributed by atoms with E-state index in [4.69, 9.17) is 9.47 Å². The van der Waals surface area contributed by atoms with E-state index in [0.717, 1.165) is 5.56 Å². The average molecular weight is 357 g/mol. The van der Waals surface area contributed by atoms with Crippen LogP contribution in [0.5, 0.6) is 11.5 Å². The topological polar surface area (TPSA) is 103 Å².